The zero-order valence-corrected chi connectivity index (χ0v) is 14.9. The number of carbonyl (C=O) groups is 2. The van der Waals surface area contributed by atoms with Crippen LogP contribution in [0.25, 0.3) is 0 Å². The standard InChI is InChI=1S/C18H23N3O2S/c1-3-7-16-21-13(2)17(24-16)18(23)20-11-10-19-15(22)12-14-8-5-4-6-9-14/h4-6,8-9H,3,7,10-12H2,1-2H3,(H,19,22)(H,20,23). The van der Waals surface area contributed by atoms with E-state index >= 15 is 0 Å². The van der Waals surface area contributed by atoms with Crippen molar-refractivity contribution in [2.75, 3.05) is 13.1 Å². The van der Waals surface area contributed by atoms with Gasteiger partial charge >= 0.3 is 0 Å². The highest BCUT2D eigenvalue weighted by Gasteiger charge is 2.14. The Balaban J connectivity index is 1.72. The molecular weight excluding hydrogens is 322 g/mol. The molecule has 128 valence electrons. The Bertz CT molecular complexity index is 683. The summed E-state index contributed by atoms with van der Waals surface area (Å²) in [7, 11) is 0. The van der Waals surface area contributed by atoms with E-state index < -0.39 is 0 Å². The molecule has 0 spiro atoms. The van der Waals surface area contributed by atoms with Gasteiger partial charge in [-0.2, -0.15) is 0 Å². The molecule has 0 bridgehead atoms. The number of hydrogen-bond donors (Lipinski definition) is 2. The first kappa shape index (κ1) is 18.1. The quantitative estimate of drug-likeness (QED) is 0.722. The molecule has 1 heterocycles. The van der Waals surface area contributed by atoms with Crippen LogP contribution in [0.4, 0.5) is 0 Å². The summed E-state index contributed by atoms with van der Waals surface area (Å²) in [5.41, 5.74) is 1.75. The van der Waals surface area contributed by atoms with Gasteiger partial charge in [-0.05, 0) is 25.3 Å². The topological polar surface area (TPSA) is 71.1 Å². The summed E-state index contributed by atoms with van der Waals surface area (Å²) < 4.78 is 0. The molecule has 0 saturated heterocycles. The van der Waals surface area contributed by atoms with Crippen LogP contribution in [0.1, 0.15) is 39.3 Å². The van der Waals surface area contributed by atoms with Gasteiger partial charge in [0.15, 0.2) is 0 Å². The molecule has 0 unspecified atom stereocenters. The van der Waals surface area contributed by atoms with E-state index in [1.807, 2.05) is 37.3 Å². The number of benzene rings is 1. The van der Waals surface area contributed by atoms with Gasteiger partial charge in [-0.1, -0.05) is 37.3 Å². The molecule has 1 aromatic heterocycles. The highest BCUT2D eigenvalue weighted by atomic mass is 32.1. The predicted molar refractivity (Wildman–Crippen MR) is 96.3 cm³/mol. The monoisotopic (exact) mass is 345 g/mol. The number of aryl methyl sites for hydroxylation is 2. The van der Waals surface area contributed by atoms with Crippen molar-refractivity contribution in [3.63, 3.8) is 0 Å². The molecule has 0 atom stereocenters. The number of hydrogen-bond acceptors (Lipinski definition) is 4. The number of nitrogens with one attached hydrogen (secondary N) is 2. The third kappa shape index (κ3) is 5.45. The minimum atomic E-state index is -0.121. The summed E-state index contributed by atoms with van der Waals surface area (Å²) in [5.74, 6) is -0.167. The second kappa shape index (κ2) is 9.17. The van der Waals surface area contributed by atoms with Crippen LogP contribution in [0.5, 0.6) is 0 Å². The third-order valence-corrected chi connectivity index (χ3v) is 4.67. The number of amides is 2. The molecule has 0 aliphatic carbocycles. The number of carbonyl (C=O) groups excluding carboxylic acids is 2. The number of thiazole rings is 1. The van der Waals surface area contributed by atoms with Gasteiger partial charge in [-0.15, -0.1) is 11.3 Å². The maximum Gasteiger partial charge on any atom is 0.263 e. The Hall–Kier alpha value is -2.21. The zero-order chi connectivity index (χ0) is 17.4. The fraction of sp³-hybridized carbons (Fsp3) is 0.389. The smallest absolute Gasteiger partial charge is 0.263 e. The fourth-order valence-electron chi connectivity index (χ4n) is 2.29. The highest BCUT2D eigenvalue weighted by molar-refractivity contribution is 7.13. The number of rotatable bonds is 8. The summed E-state index contributed by atoms with van der Waals surface area (Å²) in [5, 5.41) is 6.64. The van der Waals surface area contributed by atoms with Crippen LogP contribution in [0.15, 0.2) is 30.3 Å². The molecule has 2 N–H and O–H groups in total. The maximum absolute atomic E-state index is 12.2. The lowest BCUT2D eigenvalue weighted by Gasteiger charge is -2.06. The van der Waals surface area contributed by atoms with Crippen LogP contribution >= 0.6 is 11.3 Å². The van der Waals surface area contributed by atoms with Crippen LogP contribution in [0, 0.1) is 6.92 Å². The fourth-order valence-corrected chi connectivity index (χ4v) is 3.37. The molecule has 0 fully saturated rings. The molecule has 1 aromatic carbocycles. The molecule has 2 rings (SSSR count). The van der Waals surface area contributed by atoms with Crippen molar-refractivity contribution in [1.82, 2.24) is 15.6 Å². The van der Waals surface area contributed by atoms with Crippen LogP contribution in [0.2, 0.25) is 0 Å². The van der Waals surface area contributed by atoms with Crippen molar-refractivity contribution in [2.45, 2.75) is 33.1 Å². The Morgan fingerprint density at radius 3 is 2.54 bits per heavy atom. The van der Waals surface area contributed by atoms with E-state index in [1.165, 1.54) is 11.3 Å². The molecule has 6 heteroatoms. The van der Waals surface area contributed by atoms with Gasteiger partial charge in [0.05, 0.1) is 17.1 Å². The lowest BCUT2D eigenvalue weighted by Crippen LogP contribution is -2.35. The van der Waals surface area contributed by atoms with E-state index in [9.17, 15) is 9.59 Å². The van der Waals surface area contributed by atoms with E-state index in [-0.39, 0.29) is 11.8 Å². The first-order valence-corrected chi connectivity index (χ1v) is 8.97. The summed E-state index contributed by atoms with van der Waals surface area (Å²) in [6.45, 7) is 4.76. The van der Waals surface area contributed by atoms with Gasteiger partial charge in [-0.3, -0.25) is 9.59 Å². The van der Waals surface area contributed by atoms with Gasteiger partial charge in [0.25, 0.3) is 5.91 Å². The molecule has 5 nitrogen and oxygen atoms in total. The molecular formula is C18H23N3O2S. The molecule has 2 amide bonds. The van der Waals surface area contributed by atoms with Crippen molar-refractivity contribution >= 4 is 23.2 Å². The lowest BCUT2D eigenvalue weighted by molar-refractivity contribution is -0.120. The van der Waals surface area contributed by atoms with E-state index in [1.54, 1.807) is 0 Å². The van der Waals surface area contributed by atoms with Crippen LogP contribution < -0.4 is 10.6 Å². The number of aromatic nitrogens is 1. The third-order valence-electron chi connectivity index (χ3n) is 3.45. The largest absolute Gasteiger partial charge is 0.354 e. The van der Waals surface area contributed by atoms with Crippen molar-refractivity contribution in [1.29, 1.82) is 0 Å². The van der Waals surface area contributed by atoms with Crippen molar-refractivity contribution in [3.8, 4) is 0 Å². The van der Waals surface area contributed by atoms with E-state index in [2.05, 4.69) is 22.5 Å². The second-order valence-corrected chi connectivity index (χ2v) is 6.62. The summed E-state index contributed by atoms with van der Waals surface area (Å²) in [6, 6.07) is 9.58. The van der Waals surface area contributed by atoms with Gasteiger partial charge < -0.3 is 10.6 Å². The highest BCUT2D eigenvalue weighted by Crippen LogP contribution is 2.19. The van der Waals surface area contributed by atoms with E-state index in [4.69, 9.17) is 0 Å². The minimum absolute atomic E-state index is 0.0466. The number of nitrogens with zero attached hydrogens (tertiary/aromatic N) is 1. The van der Waals surface area contributed by atoms with Gasteiger partial charge in [0.2, 0.25) is 5.91 Å². The Morgan fingerprint density at radius 1 is 1.12 bits per heavy atom. The van der Waals surface area contributed by atoms with Crippen molar-refractivity contribution < 1.29 is 9.59 Å². The van der Waals surface area contributed by atoms with Crippen LogP contribution in [0.3, 0.4) is 0 Å². The average molecular weight is 345 g/mol. The first-order chi connectivity index (χ1) is 11.6. The Labute approximate surface area is 146 Å². The van der Waals surface area contributed by atoms with Crippen molar-refractivity contribution in [3.05, 3.63) is 51.5 Å². The van der Waals surface area contributed by atoms with Gasteiger partial charge in [0.1, 0.15) is 4.88 Å². The molecule has 24 heavy (non-hydrogen) atoms. The molecule has 2 aromatic rings. The SMILES string of the molecule is CCCc1nc(C)c(C(=O)NCCNC(=O)Cc2ccccc2)s1. The molecule has 0 radical (unpaired) electrons. The lowest BCUT2D eigenvalue weighted by atomic mass is 10.1. The Morgan fingerprint density at radius 2 is 1.83 bits per heavy atom. The molecule has 0 aliphatic heterocycles. The molecule has 0 saturated carbocycles. The normalized spacial score (nSPS) is 10.4. The summed E-state index contributed by atoms with van der Waals surface area (Å²) >= 11 is 1.45. The zero-order valence-electron chi connectivity index (χ0n) is 14.1. The second-order valence-electron chi connectivity index (χ2n) is 5.54. The van der Waals surface area contributed by atoms with Crippen molar-refractivity contribution in [2.24, 2.45) is 0 Å². The summed E-state index contributed by atoms with van der Waals surface area (Å²) in [4.78, 5) is 29.1. The van der Waals surface area contributed by atoms with Crippen LogP contribution in [-0.4, -0.2) is 29.9 Å². The van der Waals surface area contributed by atoms with E-state index in [0.717, 1.165) is 29.1 Å². The van der Waals surface area contributed by atoms with E-state index in [0.29, 0.717) is 24.4 Å². The Kier molecular flexibility index (Phi) is 6.93. The predicted octanol–water partition coefficient (Wildman–Crippen LogP) is 2.49. The minimum Gasteiger partial charge on any atom is -0.354 e. The molecule has 0 aliphatic rings. The van der Waals surface area contributed by atoms with Crippen LogP contribution in [-0.2, 0) is 17.6 Å². The van der Waals surface area contributed by atoms with Gasteiger partial charge in [0, 0.05) is 13.1 Å². The first-order valence-electron chi connectivity index (χ1n) is 8.15. The summed E-state index contributed by atoms with van der Waals surface area (Å²) in [6.07, 6.45) is 2.26. The average Bonchev–Trinajstić information content (AvgIpc) is 2.93. The van der Waals surface area contributed by atoms with Gasteiger partial charge in [-0.25, -0.2) is 4.98 Å². The maximum atomic E-state index is 12.2.